The smallest absolute Gasteiger partial charge is 0.0715 e. The van der Waals surface area contributed by atoms with Crippen molar-refractivity contribution in [2.75, 3.05) is 0 Å². The van der Waals surface area contributed by atoms with E-state index in [-0.39, 0.29) is 0 Å². The van der Waals surface area contributed by atoms with Gasteiger partial charge in [-0.1, -0.05) is 158 Å². The molecule has 2 aromatic heterocycles. The molecule has 0 radical (unpaired) electrons. The second-order valence-corrected chi connectivity index (χ2v) is 13.9. The maximum Gasteiger partial charge on any atom is 0.0715 e. The van der Waals surface area contributed by atoms with Crippen molar-refractivity contribution in [3.63, 3.8) is 0 Å². The van der Waals surface area contributed by atoms with E-state index in [9.17, 15) is 0 Å². The molecule has 0 aliphatic rings. The maximum atomic E-state index is 5.16. The molecule has 0 saturated carbocycles. The van der Waals surface area contributed by atoms with Crippen molar-refractivity contribution in [1.29, 1.82) is 0 Å². The van der Waals surface area contributed by atoms with E-state index in [1.54, 1.807) is 0 Å². The first kappa shape index (κ1) is 29.7. The van der Waals surface area contributed by atoms with Crippen LogP contribution >= 0.6 is 0 Å². The molecule has 0 spiro atoms. The summed E-state index contributed by atoms with van der Waals surface area (Å²) in [6.45, 7) is 0. The molecule has 246 valence electrons. The summed E-state index contributed by atoms with van der Waals surface area (Å²) in [6, 6.07) is 70.4. The van der Waals surface area contributed by atoms with Crippen LogP contribution in [-0.2, 0) is 0 Å². The SMILES string of the molecule is c1ccc(-c2cc(-c3ccc4ccc5c(-c6cccc(-n7c8ccccc8c8ccccc87)c6)ccc6ccc3c4c65)cc(-c3ccccc3)n2)cc1. The Balaban J connectivity index is 1.11. The molecule has 0 aliphatic carbocycles. The Morgan fingerprint density at radius 3 is 1.36 bits per heavy atom. The number of benzene rings is 9. The van der Waals surface area contributed by atoms with Gasteiger partial charge < -0.3 is 4.57 Å². The molecule has 0 unspecified atom stereocenters. The molecule has 2 heterocycles. The molecular formula is C51H32N2. The number of hydrogen-bond donors (Lipinski definition) is 0. The van der Waals surface area contributed by atoms with Crippen LogP contribution in [0.4, 0.5) is 0 Å². The van der Waals surface area contributed by atoms with Crippen LogP contribution in [0.1, 0.15) is 0 Å². The lowest BCUT2D eigenvalue weighted by Crippen LogP contribution is -1.95. The summed E-state index contributed by atoms with van der Waals surface area (Å²) in [5, 5.41) is 10.2. The minimum absolute atomic E-state index is 0.970. The summed E-state index contributed by atoms with van der Waals surface area (Å²) in [4.78, 5) is 5.16. The standard InChI is InChI=1S/C51H32N2/c1-3-12-33(13-4-1)46-31-38(32-47(52-46)34-14-5-2-6-15-34)41-27-23-36-24-28-44-40(26-22-35-25-29-45(41)51(36)50(35)44)37-16-11-17-39(30-37)53-48-20-9-7-18-42(48)43-19-8-10-21-49(43)53/h1-32H. The van der Waals surface area contributed by atoms with E-state index < -0.39 is 0 Å². The molecule has 11 aromatic rings. The van der Waals surface area contributed by atoms with Crippen molar-refractivity contribution in [3.05, 3.63) is 194 Å². The Labute approximate surface area is 307 Å². The summed E-state index contributed by atoms with van der Waals surface area (Å²) < 4.78 is 2.40. The number of nitrogens with zero attached hydrogens (tertiary/aromatic N) is 2. The average molecular weight is 673 g/mol. The molecule has 0 amide bonds. The normalized spacial score (nSPS) is 11.8. The molecule has 2 heteroatoms. The average Bonchev–Trinajstić information content (AvgIpc) is 3.57. The molecule has 0 bridgehead atoms. The first-order valence-corrected chi connectivity index (χ1v) is 18.2. The number of hydrogen-bond acceptors (Lipinski definition) is 1. The second kappa shape index (κ2) is 11.8. The zero-order valence-electron chi connectivity index (χ0n) is 28.9. The van der Waals surface area contributed by atoms with Gasteiger partial charge >= 0.3 is 0 Å². The quantitative estimate of drug-likeness (QED) is 0.166. The van der Waals surface area contributed by atoms with Gasteiger partial charge in [-0.15, -0.1) is 0 Å². The maximum absolute atomic E-state index is 5.16. The minimum atomic E-state index is 0.970. The zero-order chi connectivity index (χ0) is 34.9. The van der Waals surface area contributed by atoms with Gasteiger partial charge in [0.05, 0.1) is 22.4 Å². The van der Waals surface area contributed by atoms with Gasteiger partial charge in [-0.2, -0.15) is 0 Å². The van der Waals surface area contributed by atoms with Gasteiger partial charge in [-0.25, -0.2) is 4.98 Å². The van der Waals surface area contributed by atoms with Gasteiger partial charge in [0.2, 0.25) is 0 Å². The highest BCUT2D eigenvalue weighted by atomic mass is 15.0. The molecule has 9 aromatic carbocycles. The molecule has 0 saturated heterocycles. The Kier molecular flexibility index (Phi) is 6.59. The summed E-state index contributed by atoms with van der Waals surface area (Å²) in [5.41, 5.74) is 12.6. The van der Waals surface area contributed by atoms with Crippen molar-refractivity contribution in [3.8, 4) is 50.5 Å². The number of pyridine rings is 1. The van der Waals surface area contributed by atoms with Crippen molar-refractivity contribution >= 4 is 54.1 Å². The molecule has 53 heavy (non-hydrogen) atoms. The summed E-state index contributed by atoms with van der Waals surface area (Å²) in [7, 11) is 0. The van der Waals surface area contributed by atoms with E-state index in [1.165, 1.54) is 70.8 Å². The minimum Gasteiger partial charge on any atom is -0.309 e. The zero-order valence-corrected chi connectivity index (χ0v) is 28.9. The monoisotopic (exact) mass is 672 g/mol. The van der Waals surface area contributed by atoms with E-state index in [1.807, 2.05) is 0 Å². The first-order chi connectivity index (χ1) is 26.3. The van der Waals surface area contributed by atoms with Crippen LogP contribution in [0.15, 0.2) is 194 Å². The van der Waals surface area contributed by atoms with Crippen LogP contribution in [0, 0.1) is 0 Å². The number of aromatic nitrogens is 2. The molecular weight excluding hydrogens is 641 g/mol. The van der Waals surface area contributed by atoms with Crippen LogP contribution in [0.25, 0.3) is 105 Å². The van der Waals surface area contributed by atoms with Crippen LogP contribution < -0.4 is 0 Å². The summed E-state index contributed by atoms with van der Waals surface area (Å²) in [6.07, 6.45) is 0. The van der Waals surface area contributed by atoms with Crippen molar-refractivity contribution in [1.82, 2.24) is 9.55 Å². The number of para-hydroxylation sites is 2. The summed E-state index contributed by atoms with van der Waals surface area (Å²) >= 11 is 0. The Hall–Kier alpha value is -7.03. The van der Waals surface area contributed by atoms with Gasteiger partial charge in [0.25, 0.3) is 0 Å². The molecule has 0 atom stereocenters. The van der Waals surface area contributed by atoms with Gasteiger partial charge in [-0.05, 0) is 91.0 Å². The van der Waals surface area contributed by atoms with E-state index in [2.05, 4.69) is 199 Å². The fourth-order valence-corrected chi connectivity index (χ4v) is 8.52. The van der Waals surface area contributed by atoms with Crippen molar-refractivity contribution in [2.24, 2.45) is 0 Å². The second-order valence-electron chi connectivity index (χ2n) is 13.9. The fourth-order valence-electron chi connectivity index (χ4n) is 8.52. The van der Waals surface area contributed by atoms with Crippen molar-refractivity contribution in [2.45, 2.75) is 0 Å². The van der Waals surface area contributed by atoms with Gasteiger partial charge in [0, 0.05) is 27.6 Å². The Bertz CT molecular complexity index is 3040. The first-order valence-electron chi connectivity index (χ1n) is 18.2. The van der Waals surface area contributed by atoms with Gasteiger partial charge in [0.15, 0.2) is 0 Å². The van der Waals surface area contributed by atoms with E-state index in [0.717, 1.165) is 33.8 Å². The van der Waals surface area contributed by atoms with Gasteiger partial charge in [-0.3, -0.25) is 0 Å². The van der Waals surface area contributed by atoms with Gasteiger partial charge in [0.1, 0.15) is 0 Å². The third kappa shape index (κ3) is 4.70. The molecule has 11 rings (SSSR count). The van der Waals surface area contributed by atoms with Crippen LogP contribution in [0.5, 0.6) is 0 Å². The van der Waals surface area contributed by atoms with E-state index in [4.69, 9.17) is 4.98 Å². The highest BCUT2D eigenvalue weighted by molar-refractivity contribution is 6.27. The Morgan fingerprint density at radius 2 is 0.792 bits per heavy atom. The predicted octanol–water partition coefficient (Wildman–Crippen LogP) is 13.7. The lowest BCUT2D eigenvalue weighted by atomic mass is 9.87. The van der Waals surface area contributed by atoms with Crippen LogP contribution in [-0.4, -0.2) is 9.55 Å². The third-order valence-electron chi connectivity index (χ3n) is 10.9. The highest BCUT2D eigenvalue weighted by Crippen LogP contribution is 2.44. The van der Waals surface area contributed by atoms with Crippen LogP contribution in [0.2, 0.25) is 0 Å². The fraction of sp³-hybridized carbons (Fsp3) is 0. The largest absolute Gasteiger partial charge is 0.309 e. The topological polar surface area (TPSA) is 17.8 Å². The lowest BCUT2D eigenvalue weighted by molar-refractivity contribution is 1.18. The van der Waals surface area contributed by atoms with E-state index >= 15 is 0 Å². The highest BCUT2D eigenvalue weighted by Gasteiger charge is 2.18. The molecule has 0 aliphatic heterocycles. The molecule has 2 nitrogen and oxygen atoms in total. The van der Waals surface area contributed by atoms with Crippen molar-refractivity contribution < 1.29 is 0 Å². The summed E-state index contributed by atoms with van der Waals surface area (Å²) in [5.74, 6) is 0. The number of fused-ring (bicyclic) bond motifs is 3. The molecule has 0 fully saturated rings. The predicted molar refractivity (Wildman–Crippen MR) is 224 cm³/mol. The number of rotatable bonds is 5. The lowest BCUT2D eigenvalue weighted by Gasteiger charge is -2.18. The third-order valence-corrected chi connectivity index (χ3v) is 10.9. The molecule has 0 N–H and O–H groups in total. The van der Waals surface area contributed by atoms with Crippen LogP contribution in [0.3, 0.4) is 0 Å². The Morgan fingerprint density at radius 1 is 0.321 bits per heavy atom. The van der Waals surface area contributed by atoms with E-state index in [0.29, 0.717) is 0 Å².